The standard InChI is InChI=1S/C17H23N5O3/c1-11(23)22-6-3-4-12(9-22)21-17-15-13(14(24)5-7-25-2)8-18-16(15)19-10-20-17/h8,10,12H,3-7,9H2,1-2H3,(H2,18,19,20,21)/t12-/m1/s1. The van der Waals surface area contributed by atoms with Crippen molar-refractivity contribution in [3.63, 3.8) is 0 Å². The van der Waals surface area contributed by atoms with Crippen molar-refractivity contribution in [1.29, 1.82) is 0 Å². The number of anilines is 1. The second kappa shape index (κ2) is 7.60. The summed E-state index contributed by atoms with van der Waals surface area (Å²) in [5, 5.41) is 4.10. The van der Waals surface area contributed by atoms with E-state index in [9.17, 15) is 9.59 Å². The van der Waals surface area contributed by atoms with Gasteiger partial charge in [0.25, 0.3) is 0 Å². The predicted molar refractivity (Wildman–Crippen MR) is 93.6 cm³/mol. The first kappa shape index (κ1) is 17.3. The average molecular weight is 345 g/mol. The Morgan fingerprint density at radius 3 is 3.04 bits per heavy atom. The maximum atomic E-state index is 12.4. The van der Waals surface area contributed by atoms with E-state index in [4.69, 9.17) is 4.74 Å². The smallest absolute Gasteiger partial charge is 0.219 e. The monoisotopic (exact) mass is 345 g/mol. The van der Waals surface area contributed by atoms with Crippen LogP contribution >= 0.6 is 0 Å². The molecule has 8 heteroatoms. The van der Waals surface area contributed by atoms with Gasteiger partial charge in [-0.1, -0.05) is 0 Å². The number of ketones is 1. The normalized spacial score (nSPS) is 17.7. The molecule has 25 heavy (non-hydrogen) atoms. The molecule has 1 fully saturated rings. The number of hydrogen-bond donors (Lipinski definition) is 2. The zero-order chi connectivity index (χ0) is 17.8. The Bertz CT molecular complexity index is 773. The molecule has 0 bridgehead atoms. The second-order valence-corrected chi connectivity index (χ2v) is 6.26. The minimum atomic E-state index is -0.0139. The van der Waals surface area contributed by atoms with Gasteiger partial charge in [0.15, 0.2) is 5.78 Å². The fraction of sp³-hybridized carbons (Fsp3) is 0.529. The Morgan fingerprint density at radius 1 is 1.44 bits per heavy atom. The first-order chi connectivity index (χ1) is 12.1. The van der Waals surface area contributed by atoms with E-state index in [1.807, 2.05) is 4.90 Å². The number of H-pyrrole nitrogens is 1. The SMILES string of the molecule is COCCC(=O)c1c[nH]c2ncnc(N[C@@H]3CCCN(C(C)=O)C3)c12. The first-order valence-corrected chi connectivity index (χ1v) is 8.46. The van der Waals surface area contributed by atoms with E-state index in [-0.39, 0.29) is 17.7 Å². The summed E-state index contributed by atoms with van der Waals surface area (Å²) < 4.78 is 4.99. The van der Waals surface area contributed by atoms with Gasteiger partial charge in [0.05, 0.1) is 12.0 Å². The van der Waals surface area contributed by atoms with Crippen molar-refractivity contribution in [2.24, 2.45) is 0 Å². The molecule has 8 nitrogen and oxygen atoms in total. The van der Waals surface area contributed by atoms with Crippen molar-refractivity contribution in [2.75, 3.05) is 32.1 Å². The van der Waals surface area contributed by atoms with Crippen LogP contribution in [-0.2, 0) is 9.53 Å². The van der Waals surface area contributed by atoms with Gasteiger partial charge in [0.2, 0.25) is 5.91 Å². The molecule has 3 heterocycles. The summed E-state index contributed by atoms with van der Waals surface area (Å²) in [4.78, 5) is 37.5. The highest BCUT2D eigenvalue weighted by Crippen LogP contribution is 2.26. The van der Waals surface area contributed by atoms with Crippen molar-refractivity contribution in [2.45, 2.75) is 32.2 Å². The van der Waals surface area contributed by atoms with Crippen molar-refractivity contribution >= 4 is 28.5 Å². The number of carbonyl (C=O) groups excluding carboxylic acids is 2. The number of nitrogens with one attached hydrogen (secondary N) is 2. The largest absolute Gasteiger partial charge is 0.384 e. The third-order valence-electron chi connectivity index (χ3n) is 4.51. The lowest BCUT2D eigenvalue weighted by atomic mass is 10.0. The number of likely N-dealkylation sites (tertiary alicyclic amines) is 1. The molecule has 1 aliphatic rings. The number of aromatic nitrogens is 3. The number of carbonyl (C=O) groups is 2. The van der Waals surface area contributed by atoms with E-state index >= 15 is 0 Å². The lowest BCUT2D eigenvalue weighted by Crippen LogP contribution is -2.44. The van der Waals surface area contributed by atoms with E-state index < -0.39 is 0 Å². The van der Waals surface area contributed by atoms with Gasteiger partial charge < -0.3 is 19.9 Å². The topological polar surface area (TPSA) is 100 Å². The number of rotatable bonds is 6. The maximum absolute atomic E-state index is 12.4. The Kier molecular flexibility index (Phi) is 5.28. The van der Waals surface area contributed by atoms with Crippen LogP contribution in [0, 0.1) is 0 Å². The van der Waals surface area contributed by atoms with Crippen molar-refractivity contribution in [3.8, 4) is 0 Å². The summed E-state index contributed by atoms with van der Waals surface area (Å²) in [6.07, 6.45) is 5.34. The van der Waals surface area contributed by atoms with Crippen LogP contribution in [0.5, 0.6) is 0 Å². The molecule has 1 atom stereocenters. The third kappa shape index (κ3) is 3.79. The number of fused-ring (bicyclic) bond motifs is 1. The van der Waals surface area contributed by atoms with E-state index in [1.54, 1.807) is 20.2 Å². The molecular weight excluding hydrogens is 322 g/mol. The zero-order valence-corrected chi connectivity index (χ0v) is 14.5. The molecule has 2 aromatic heterocycles. The maximum Gasteiger partial charge on any atom is 0.219 e. The number of ether oxygens (including phenoxy) is 1. The summed E-state index contributed by atoms with van der Waals surface area (Å²) in [6.45, 7) is 3.39. The molecule has 3 rings (SSSR count). The lowest BCUT2D eigenvalue weighted by molar-refractivity contribution is -0.129. The highest BCUT2D eigenvalue weighted by atomic mass is 16.5. The molecule has 134 valence electrons. The van der Waals surface area contributed by atoms with Crippen LogP contribution in [0.3, 0.4) is 0 Å². The van der Waals surface area contributed by atoms with Gasteiger partial charge in [-0.25, -0.2) is 9.97 Å². The van der Waals surface area contributed by atoms with E-state index in [2.05, 4.69) is 20.3 Å². The Balaban J connectivity index is 1.85. The lowest BCUT2D eigenvalue weighted by Gasteiger charge is -2.32. The van der Waals surface area contributed by atoms with Crippen LogP contribution in [-0.4, -0.2) is 64.4 Å². The summed E-state index contributed by atoms with van der Waals surface area (Å²) in [7, 11) is 1.57. The van der Waals surface area contributed by atoms with Gasteiger partial charge in [-0.3, -0.25) is 9.59 Å². The van der Waals surface area contributed by atoms with Gasteiger partial charge in [0, 0.05) is 51.3 Å². The number of nitrogens with zero attached hydrogens (tertiary/aromatic N) is 3. The summed E-state index contributed by atoms with van der Waals surface area (Å²) in [5.74, 6) is 0.693. The first-order valence-electron chi connectivity index (χ1n) is 8.46. The van der Waals surface area contributed by atoms with Gasteiger partial charge in [0.1, 0.15) is 17.8 Å². The number of Topliss-reactive ketones (excluding diaryl/α,β-unsaturated/α-hetero) is 1. The highest BCUT2D eigenvalue weighted by Gasteiger charge is 2.24. The number of piperidine rings is 1. The minimum absolute atomic E-state index is 0.0139. The minimum Gasteiger partial charge on any atom is -0.384 e. The van der Waals surface area contributed by atoms with Crippen molar-refractivity contribution < 1.29 is 14.3 Å². The molecule has 0 radical (unpaired) electrons. The Hall–Kier alpha value is -2.48. The molecule has 0 saturated carbocycles. The summed E-state index contributed by atoms with van der Waals surface area (Å²) in [5.41, 5.74) is 1.19. The summed E-state index contributed by atoms with van der Waals surface area (Å²) in [6, 6.07) is 0.104. The molecular formula is C17H23N5O3. The average Bonchev–Trinajstić information content (AvgIpc) is 3.05. The molecule has 1 aliphatic heterocycles. The van der Waals surface area contributed by atoms with Gasteiger partial charge in [-0.15, -0.1) is 0 Å². The van der Waals surface area contributed by atoms with Crippen LogP contribution < -0.4 is 5.32 Å². The molecule has 2 N–H and O–H groups in total. The number of methoxy groups -OCH3 is 1. The zero-order valence-electron chi connectivity index (χ0n) is 14.5. The number of hydrogen-bond acceptors (Lipinski definition) is 6. The predicted octanol–water partition coefficient (Wildman–Crippen LogP) is 1.60. The van der Waals surface area contributed by atoms with Crippen molar-refractivity contribution in [3.05, 3.63) is 18.1 Å². The molecule has 0 spiro atoms. The molecule has 0 unspecified atom stereocenters. The quantitative estimate of drug-likeness (QED) is 0.771. The van der Waals surface area contributed by atoms with Crippen LogP contribution in [0.2, 0.25) is 0 Å². The highest BCUT2D eigenvalue weighted by molar-refractivity contribution is 6.10. The van der Waals surface area contributed by atoms with Crippen LogP contribution in [0.4, 0.5) is 5.82 Å². The second-order valence-electron chi connectivity index (χ2n) is 6.26. The van der Waals surface area contributed by atoms with Crippen LogP contribution in [0.25, 0.3) is 11.0 Å². The third-order valence-corrected chi connectivity index (χ3v) is 4.51. The molecule has 1 saturated heterocycles. The van der Waals surface area contributed by atoms with E-state index in [0.717, 1.165) is 19.4 Å². The Morgan fingerprint density at radius 2 is 2.28 bits per heavy atom. The molecule has 0 aliphatic carbocycles. The van der Waals surface area contributed by atoms with Gasteiger partial charge in [-0.05, 0) is 12.8 Å². The molecule has 0 aromatic carbocycles. The van der Waals surface area contributed by atoms with Gasteiger partial charge >= 0.3 is 0 Å². The molecule has 2 aromatic rings. The number of aromatic amines is 1. The fourth-order valence-corrected chi connectivity index (χ4v) is 3.20. The summed E-state index contributed by atoms with van der Waals surface area (Å²) >= 11 is 0. The van der Waals surface area contributed by atoms with Crippen LogP contribution in [0.1, 0.15) is 36.5 Å². The van der Waals surface area contributed by atoms with Gasteiger partial charge in [-0.2, -0.15) is 0 Å². The van der Waals surface area contributed by atoms with E-state index in [1.165, 1.54) is 6.33 Å². The molecule has 1 amide bonds. The Labute approximate surface area is 146 Å². The van der Waals surface area contributed by atoms with Crippen LogP contribution in [0.15, 0.2) is 12.5 Å². The van der Waals surface area contributed by atoms with E-state index in [0.29, 0.717) is 42.0 Å². The van der Waals surface area contributed by atoms with Crippen molar-refractivity contribution in [1.82, 2.24) is 19.9 Å². The fourth-order valence-electron chi connectivity index (χ4n) is 3.20. The number of amides is 1.